The summed E-state index contributed by atoms with van der Waals surface area (Å²) in [5.41, 5.74) is 7.60. The largest absolute Gasteiger partial charge is 0.439 e. The van der Waals surface area contributed by atoms with Gasteiger partial charge in [-0.2, -0.15) is 4.98 Å². The summed E-state index contributed by atoms with van der Waals surface area (Å²) < 4.78 is 5.64. The van der Waals surface area contributed by atoms with Crippen molar-refractivity contribution in [1.29, 1.82) is 0 Å². The molecule has 3 heterocycles. The molecule has 4 rings (SSSR count). The SMILES string of the molecule is Nc1nc(Cl)c2c(n1)N(Cc1nc3ccccc3o1)C(=O)C2. The summed E-state index contributed by atoms with van der Waals surface area (Å²) in [6, 6.07) is 7.40. The van der Waals surface area contributed by atoms with E-state index in [0.29, 0.717) is 22.9 Å². The van der Waals surface area contributed by atoms with Gasteiger partial charge in [-0.25, -0.2) is 9.97 Å². The van der Waals surface area contributed by atoms with Gasteiger partial charge in [0.2, 0.25) is 17.7 Å². The molecule has 0 saturated carbocycles. The molecule has 1 aliphatic heterocycles. The predicted molar refractivity (Wildman–Crippen MR) is 80.4 cm³/mol. The molecule has 7 nitrogen and oxygen atoms in total. The van der Waals surface area contributed by atoms with Crippen molar-refractivity contribution in [2.24, 2.45) is 0 Å². The number of benzene rings is 1. The number of fused-ring (bicyclic) bond motifs is 2. The Bertz CT molecular complexity index is 874. The van der Waals surface area contributed by atoms with Crippen LogP contribution in [0, 0.1) is 0 Å². The number of nitrogen functional groups attached to an aromatic ring is 1. The molecule has 22 heavy (non-hydrogen) atoms. The van der Waals surface area contributed by atoms with Gasteiger partial charge in [0.1, 0.15) is 23.0 Å². The zero-order valence-electron chi connectivity index (χ0n) is 11.3. The Morgan fingerprint density at radius 1 is 1.27 bits per heavy atom. The average Bonchev–Trinajstić information content (AvgIpc) is 3.02. The van der Waals surface area contributed by atoms with E-state index in [0.717, 1.165) is 5.52 Å². The van der Waals surface area contributed by atoms with Gasteiger partial charge in [-0.15, -0.1) is 0 Å². The van der Waals surface area contributed by atoms with Crippen molar-refractivity contribution in [3.63, 3.8) is 0 Å². The molecule has 0 saturated heterocycles. The molecular formula is C14H10ClN5O2. The molecule has 0 atom stereocenters. The summed E-state index contributed by atoms with van der Waals surface area (Å²) in [5, 5.41) is 0.205. The fraction of sp³-hybridized carbons (Fsp3) is 0.143. The molecule has 3 aromatic rings. The first-order valence-electron chi connectivity index (χ1n) is 6.58. The molecule has 8 heteroatoms. The first kappa shape index (κ1) is 13.0. The Labute approximate surface area is 129 Å². The number of hydrogen-bond donors (Lipinski definition) is 1. The van der Waals surface area contributed by atoms with E-state index >= 15 is 0 Å². The van der Waals surface area contributed by atoms with Crippen LogP contribution in [0.2, 0.25) is 5.15 Å². The Morgan fingerprint density at radius 2 is 2.09 bits per heavy atom. The Kier molecular flexibility index (Phi) is 2.77. The maximum atomic E-state index is 12.2. The Hall–Kier alpha value is -2.67. The van der Waals surface area contributed by atoms with E-state index in [4.69, 9.17) is 21.8 Å². The predicted octanol–water partition coefficient (Wildman–Crippen LogP) is 1.94. The highest BCUT2D eigenvalue weighted by Gasteiger charge is 2.33. The van der Waals surface area contributed by atoms with Crippen molar-refractivity contribution in [3.05, 3.63) is 40.9 Å². The van der Waals surface area contributed by atoms with E-state index in [-0.39, 0.29) is 30.0 Å². The van der Waals surface area contributed by atoms with Crippen LogP contribution in [0.4, 0.5) is 11.8 Å². The van der Waals surface area contributed by atoms with Crippen LogP contribution in [0.3, 0.4) is 0 Å². The lowest BCUT2D eigenvalue weighted by molar-refractivity contribution is -0.117. The second-order valence-electron chi connectivity index (χ2n) is 4.91. The molecule has 1 aliphatic rings. The highest BCUT2D eigenvalue weighted by atomic mass is 35.5. The first-order valence-corrected chi connectivity index (χ1v) is 6.96. The number of oxazole rings is 1. The Morgan fingerprint density at radius 3 is 2.91 bits per heavy atom. The fourth-order valence-electron chi connectivity index (χ4n) is 2.49. The molecule has 0 radical (unpaired) electrons. The van der Waals surface area contributed by atoms with Gasteiger partial charge < -0.3 is 10.2 Å². The maximum Gasteiger partial charge on any atom is 0.233 e. The molecular weight excluding hydrogens is 306 g/mol. The molecule has 2 aromatic heterocycles. The smallest absolute Gasteiger partial charge is 0.233 e. The van der Waals surface area contributed by atoms with E-state index in [2.05, 4.69) is 15.0 Å². The quantitative estimate of drug-likeness (QED) is 0.726. The number of para-hydroxylation sites is 2. The van der Waals surface area contributed by atoms with Gasteiger partial charge in [-0.05, 0) is 12.1 Å². The number of halogens is 1. The van der Waals surface area contributed by atoms with E-state index in [1.54, 1.807) is 0 Å². The monoisotopic (exact) mass is 315 g/mol. The van der Waals surface area contributed by atoms with Crippen molar-refractivity contribution in [2.75, 3.05) is 10.6 Å². The lowest BCUT2D eigenvalue weighted by atomic mass is 10.3. The van der Waals surface area contributed by atoms with Crippen molar-refractivity contribution in [2.45, 2.75) is 13.0 Å². The van der Waals surface area contributed by atoms with Crippen LogP contribution in [-0.4, -0.2) is 20.9 Å². The molecule has 1 amide bonds. The van der Waals surface area contributed by atoms with E-state index in [9.17, 15) is 4.79 Å². The lowest BCUT2D eigenvalue weighted by Gasteiger charge is -2.14. The van der Waals surface area contributed by atoms with Crippen LogP contribution in [0.15, 0.2) is 28.7 Å². The van der Waals surface area contributed by atoms with E-state index in [1.807, 2.05) is 24.3 Å². The molecule has 0 unspecified atom stereocenters. The zero-order chi connectivity index (χ0) is 15.3. The van der Waals surface area contributed by atoms with Crippen molar-refractivity contribution in [1.82, 2.24) is 15.0 Å². The zero-order valence-corrected chi connectivity index (χ0v) is 12.0. The lowest BCUT2D eigenvalue weighted by Crippen LogP contribution is -2.27. The van der Waals surface area contributed by atoms with Gasteiger partial charge in [0, 0.05) is 5.56 Å². The second kappa shape index (κ2) is 4.67. The van der Waals surface area contributed by atoms with Gasteiger partial charge in [0.15, 0.2) is 5.58 Å². The molecule has 0 spiro atoms. The van der Waals surface area contributed by atoms with Gasteiger partial charge >= 0.3 is 0 Å². The molecule has 0 aliphatic carbocycles. The number of nitrogens with zero attached hydrogens (tertiary/aromatic N) is 4. The van der Waals surface area contributed by atoms with Crippen LogP contribution >= 0.6 is 11.6 Å². The molecule has 0 fully saturated rings. The summed E-state index contributed by atoms with van der Waals surface area (Å²) in [6.45, 7) is 0.174. The van der Waals surface area contributed by atoms with Crippen molar-refractivity contribution < 1.29 is 9.21 Å². The van der Waals surface area contributed by atoms with Crippen LogP contribution in [-0.2, 0) is 17.8 Å². The van der Waals surface area contributed by atoms with Gasteiger partial charge in [0.05, 0.1) is 6.42 Å². The summed E-state index contributed by atoms with van der Waals surface area (Å²) in [5.74, 6) is 0.737. The summed E-state index contributed by atoms with van der Waals surface area (Å²) >= 11 is 6.02. The minimum Gasteiger partial charge on any atom is -0.439 e. The fourth-order valence-corrected chi connectivity index (χ4v) is 2.73. The van der Waals surface area contributed by atoms with Gasteiger partial charge in [-0.1, -0.05) is 23.7 Å². The van der Waals surface area contributed by atoms with Crippen LogP contribution in [0.25, 0.3) is 11.1 Å². The van der Waals surface area contributed by atoms with E-state index < -0.39 is 0 Å². The molecule has 1 aromatic carbocycles. The number of nitrogens with two attached hydrogens (primary N) is 1. The van der Waals surface area contributed by atoms with Crippen LogP contribution in [0.5, 0.6) is 0 Å². The average molecular weight is 316 g/mol. The van der Waals surface area contributed by atoms with E-state index in [1.165, 1.54) is 4.90 Å². The Balaban J connectivity index is 1.73. The highest BCUT2D eigenvalue weighted by Crippen LogP contribution is 2.33. The maximum absolute atomic E-state index is 12.2. The minimum absolute atomic E-state index is 0.0287. The minimum atomic E-state index is -0.140. The third-order valence-corrected chi connectivity index (χ3v) is 3.78. The number of carbonyl (C=O) groups excluding carboxylic acids is 1. The van der Waals surface area contributed by atoms with Gasteiger partial charge in [-0.3, -0.25) is 9.69 Å². The molecule has 0 bridgehead atoms. The number of aromatic nitrogens is 3. The summed E-state index contributed by atoms with van der Waals surface area (Å²) in [7, 11) is 0. The van der Waals surface area contributed by atoms with Crippen molar-refractivity contribution in [3.8, 4) is 0 Å². The standard InChI is InChI=1S/C14H10ClN5O2/c15-12-7-5-11(21)20(13(7)19-14(16)18-12)6-10-17-8-3-1-2-4-9(8)22-10/h1-4H,5-6H2,(H2,16,18,19). The first-order chi connectivity index (χ1) is 10.6. The third-order valence-electron chi connectivity index (χ3n) is 3.47. The second-order valence-corrected chi connectivity index (χ2v) is 5.26. The third kappa shape index (κ3) is 1.98. The topological polar surface area (TPSA) is 98.1 Å². The van der Waals surface area contributed by atoms with Crippen LogP contribution < -0.4 is 10.6 Å². The highest BCUT2D eigenvalue weighted by molar-refractivity contribution is 6.31. The summed E-state index contributed by atoms with van der Waals surface area (Å²) in [4.78, 5) is 26.0. The van der Waals surface area contributed by atoms with Crippen molar-refractivity contribution >= 4 is 40.4 Å². The van der Waals surface area contributed by atoms with Gasteiger partial charge in [0.25, 0.3) is 0 Å². The normalized spacial score (nSPS) is 13.9. The summed E-state index contributed by atoms with van der Waals surface area (Å²) in [6.07, 6.45) is 0.147. The van der Waals surface area contributed by atoms with Crippen LogP contribution in [0.1, 0.15) is 11.5 Å². The molecule has 110 valence electrons. The number of hydrogen-bond acceptors (Lipinski definition) is 6. The molecule has 2 N–H and O–H groups in total. The number of carbonyl (C=O) groups is 1. The number of amides is 1. The number of anilines is 2. The number of rotatable bonds is 2.